The number of anilines is 1. The summed E-state index contributed by atoms with van der Waals surface area (Å²) >= 11 is 0. The lowest BCUT2D eigenvalue weighted by molar-refractivity contribution is 0.334. The molecule has 0 amide bonds. The lowest BCUT2D eigenvalue weighted by Gasteiger charge is -2.37. The van der Waals surface area contributed by atoms with Crippen LogP contribution in [0.25, 0.3) is 0 Å². The average molecular weight is 242 g/mol. The molecule has 2 nitrogen and oxygen atoms in total. The van der Waals surface area contributed by atoms with Gasteiger partial charge in [0.1, 0.15) is 0 Å². The molecular formula is C16H22N2. The highest BCUT2D eigenvalue weighted by Crippen LogP contribution is 2.30. The molecule has 0 spiro atoms. The minimum Gasteiger partial charge on any atom is -0.368 e. The number of hydrogen-bond donors (Lipinski definition) is 0. The van der Waals surface area contributed by atoms with Crippen LogP contribution in [0.4, 0.5) is 5.69 Å². The van der Waals surface area contributed by atoms with E-state index in [4.69, 9.17) is 5.26 Å². The van der Waals surface area contributed by atoms with Gasteiger partial charge in [0.2, 0.25) is 0 Å². The molecule has 2 heteroatoms. The van der Waals surface area contributed by atoms with Crippen LogP contribution in [-0.2, 0) is 0 Å². The highest BCUT2D eigenvalue weighted by Gasteiger charge is 2.23. The van der Waals surface area contributed by atoms with Crippen LogP contribution in [0.15, 0.2) is 30.3 Å². The topological polar surface area (TPSA) is 27.0 Å². The first kappa shape index (κ1) is 13.0. The molecule has 0 aromatic heterocycles. The normalized spacial score (nSPS) is 23.3. The van der Waals surface area contributed by atoms with Crippen LogP contribution in [0, 0.1) is 17.2 Å². The first-order valence-electron chi connectivity index (χ1n) is 7.00. The van der Waals surface area contributed by atoms with Crippen molar-refractivity contribution in [3.63, 3.8) is 0 Å². The molecule has 0 aliphatic heterocycles. The van der Waals surface area contributed by atoms with Gasteiger partial charge < -0.3 is 4.90 Å². The minimum atomic E-state index is 0.612. The fraction of sp³-hybridized carbons (Fsp3) is 0.562. The van der Waals surface area contributed by atoms with Gasteiger partial charge >= 0.3 is 0 Å². The van der Waals surface area contributed by atoms with Crippen molar-refractivity contribution in [2.75, 3.05) is 11.4 Å². The van der Waals surface area contributed by atoms with Crippen molar-refractivity contribution in [3.8, 4) is 6.07 Å². The van der Waals surface area contributed by atoms with Crippen molar-refractivity contribution < 1.29 is 0 Å². The van der Waals surface area contributed by atoms with Gasteiger partial charge in [0.05, 0.1) is 12.5 Å². The van der Waals surface area contributed by atoms with Gasteiger partial charge in [-0.15, -0.1) is 0 Å². The van der Waals surface area contributed by atoms with Crippen molar-refractivity contribution in [2.24, 2.45) is 5.92 Å². The Kier molecular flexibility index (Phi) is 4.64. The van der Waals surface area contributed by atoms with Gasteiger partial charge in [-0.05, 0) is 43.7 Å². The van der Waals surface area contributed by atoms with Gasteiger partial charge in [-0.25, -0.2) is 0 Å². The van der Waals surface area contributed by atoms with E-state index in [0.717, 1.165) is 12.5 Å². The van der Waals surface area contributed by atoms with Gasteiger partial charge in [-0.2, -0.15) is 5.26 Å². The number of nitriles is 1. The summed E-state index contributed by atoms with van der Waals surface area (Å²) in [7, 11) is 0. The zero-order chi connectivity index (χ0) is 12.8. The van der Waals surface area contributed by atoms with E-state index in [0.29, 0.717) is 12.5 Å². The predicted octanol–water partition coefficient (Wildman–Crippen LogP) is 3.99. The summed E-state index contributed by atoms with van der Waals surface area (Å²) in [6.45, 7) is 3.21. The van der Waals surface area contributed by atoms with E-state index < -0.39 is 0 Å². The van der Waals surface area contributed by atoms with Crippen LogP contribution in [0.2, 0.25) is 0 Å². The van der Waals surface area contributed by atoms with E-state index >= 15 is 0 Å². The van der Waals surface area contributed by atoms with Gasteiger partial charge in [-0.3, -0.25) is 0 Å². The molecule has 0 bridgehead atoms. The lowest BCUT2D eigenvalue weighted by atomic mass is 9.86. The maximum atomic E-state index is 8.83. The van der Waals surface area contributed by atoms with Crippen molar-refractivity contribution in [1.29, 1.82) is 5.26 Å². The molecule has 1 aliphatic rings. The minimum absolute atomic E-state index is 0.612. The Morgan fingerprint density at radius 2 is 1.83 bits per heavy atom. The summed E-state index contributed by atoms with van der Waals surface area (Å²) in [6.07, 6.45) is 5.78. The Balaban J connectivity index is 2.08. The van der Waals surface area contributed by atoms with Crippen molar-refractivity contribution in [2.45, 2.75) is 45.1 Å². The molecule has 1 fully saturated rings. The maximum Gasteiger partial charge on any atom is 0.0640 e. The molecule has 1 saturated carbocycles. The fourth-order valence-electron chi connectivity index (χ4n) is 2.87. The van der Waals surface area contributed by atoms with Gasteiger partial charge in [0.25, 0.3) is 0 Å². The van der Waals surface area contributed by atoms with Crippen LogP contribution in [-0.4, -0.2) is 12.6 Å². The molecule has 18 heavy (non-hydrogen) atoms. The first-order chi connectivity index (χ1) is 8.81. The van der Waals surface area contributed by atoms with Crippen molar-refractivity contribution in [1.82, 2.24) is 0 Å². The quantitative estimate of drug-likeness (QED) is 0.798. The summed E-state index contributed by atoms with van der Waals surface area (Å²) in [5, 5.41) is 8.83. The standard InChI is InChI=1S/C16H22N2/c1-14-8-10-16(11-9-14)18(13-5-12-17)15-6-3-2-4-7-15/h2-4,6-7,14,16H,5,8-11,13H2,1H3. The summed E-state index contributed by atoms with van der Waals surface area (Å²) in [5.74, 6) is 0.870. The van der Waals surface area contributed by atoms with Gasteiger partial charge in [0, 0.05) is 18.3 Å². The number of rotatable bonds is 4. The van der Waals surface area contributed by atoms with Crippen LogP contribution >= 0.6 is 0 Å². The second kappa shape index (κ2) is 6.44. The molecule has 0 N–H and O–H groups in total. The molecule has 1 aliphatic carbocycles. The maximum absolute atomic E-state index is 8.83. The molecule has 1 aromatic rings. The number of hydrogen-bond acceptors (Lipinski definition) is 2. The summed E-state index contributed by atoms with van der Waals surface area (Å²) in [5.41, 5.74) is 1.27. The predicted molar refractivity (Wildman–Crippen MR) is 75.4 cm³/mol. The van der Waals surface area contributed by atoms with E-state index in [-0.39, 0.29) is 0 Å². The Morgan fingerprint density at radius 1 is 1.17 bits per heavy atom. The second-order valence-corrected chi connectivity index (χ2v) is 5.35. The average Bonchev–Trinajstić information content (AvgIpc) is 2.42. The van der Waals surface area contributed by atoms with E-state index in [9.17, 15) is 0 Å². The van der Waals surface area contributed by atoms with E-state index in [1.165, 1.54) is 31.4 Å². The zero-order valence-electron chi connectivity index (χ0n) is 11.2. The van der Waals surface area contributed by atoms with E-state index in [1.54, 1.807) is 0 Å². The first-order valence-corrected chi connectivity index (χ1v) is 7.00. The second-order valence-electron chi connectivity index (χ2n) is 5.35. The molecule has 0 unspecified atom stereocenters. The largest absolute Gasteiger partial charge is 0.368 e. The summed E-state index contributed by atoms with van der Waals surface area (Å²) in [4.78, 5) is 2.44. The fourth-order valence-corrected chi connectivity index (χ4v) is 2.87. The highest BCUT2D eigenvalue weighted by atomic mass is 15.2. The van der Waals surface area contributed by atoms with Gasteiger partial charge in [-0.1, -0.05) is 25.1 Å². The van der Waals surface area contributed by atoms with Crippen LogP contribution < -0.4 is 4.90 Å². The Labute approximate surface area is 110 Å². The third-order valence-electron chi connectivity index (χ3n) is 3.98. The van der Waals surface area contributed by atoms with E-state index in [2.05, 4.69) is 48.2 Å². The molecule has 0 atom stereocenters. The molecule has 0 saturated heterocycles. The Morgan fingerprint density at radius 3 is 2.44 bits per heavy atom. The van der Waals surface area contributed by atoms with Crippen LogP contribution in [0.1, 0.15) is 39.0 Å². The zero-order valence-corrected chi connectivity index (χ0v) is 11.2. The SMILES string of the molecule is CC1CCC(N(CCC#N)c2ccccc2)CC1. The number of nitrogens with zero attached hydrogens (tertiary/aromatic N) is 2. The lowest BCUT2D eigenvalue weighted by Crippen LogP contribution is -2.38. The van der Waals surface area contributed by atoms with Crippen LogP contribution in [0.5, 0.6) is 0 Å². The number of para-hydroxylation sites is 1. The monoisotopic (exact) mass is 242 g/mol. The van der Waals surface area contributed by atoms with Crippen LogP contribution in [0.3, 0.4) is 0 Å². The molecule has 2 rings (SSSR count). The number of benzene rings is 1. The molecule has 0 radical (unpaired) electrons. The third kappa shape index (κ3) is 3.26. The van der Waals surface area contributed by atoms with Crippen molar-refractivity contribution >= 4 is 5.69 Å². The summed E-state index contributed by atoms with van der Waals surface area (Å²) in [6, 6.07) is 13.4. The molecule has 96 valence electrons. The molecular weight excluding hydrogens is 220 g/mol. The Bertz CT molecular complexity index is 385. The van der Waals surface area contributed by atoms with Gasteiger partial charge in [0.15, 0.2) is 0 Å². The third-order valence-corrected chi connectivity index (χ3v) is 3.98. The highest BCUT2D eigenvalue weighted by molar-refractivity contribution is 5.47. The molecule has 0 heterocycles. The van der Waals surface area contributed by atoms with Crippen molar-refractivity contribution in [3.05, 3.63) is 30.3 Å². The smallest absolute Gasteiger partial charge is 0.0640 e. The van der Waals surface area contributed by atoms with E-state index in [1.807, 2.05) is 0 Å². The summed E-state index contributed by atoms with van der Waals surface area (Å²) < 4.78 is 0. The Hall–Kier alpha value is -1.49. The molecule has 1 aromatic carbocycles.